The van der Waals surface area contributed by atoms with Crippen molar-refractivity contribution in [2.75, 3.05) is 26.6 Å². The summed E-state index contributed by atoms with van der Waals surface area (Å²) in [6, 6.07) is 6.13. The standard InChI is InChI=1S/C16H22N4O3/c1-10-7-13(12-8-11(22-3)5-6-14(12)23-4)20-16(17-10)18-15(19-20)9-21-2/h5-6,8,10,13H,7,9H2,1-4H3,(H,17,18,19)/t10-,13+/m0/s1. The second kappa shape index (κ2) is 6.45. The number of anilines is 1. The molecule has 0 spiro atoms. The fourth-order valence-corrected chi connectivity index (χ4v) is 2.95. The molecule has 1 aromatic heterocycles. The van der Waals surface area contributed by atoms with Crippen molar-refractivity contribution in [2.45, 2.75) is 32.0 Å². The van der Waals surface area contributed by atoms with Crippen molar-refractivity contribution >= 4 is 5.95 Å². The number of nitrogens with one attached hydrogen (secondary N) is 1. The van der Waals surface area contributed by atoms with E-state index < -0.39 is 0 Å². The molecule has 1 aliphatic heterocycles. The van der Waals surface area contributed by atoms with Crippen LogP contribution in [0.5, 0.6) is 11.5 Å². The summed E-state index contributed by atoms with van der Waals surface area (Å²) in [6.45, 7) is 2.52. The molecule has 0 saturated carbocycles. The van der Waals surface area contributed by atoms with E-state index in [9.17, 15) is 0 Å². The first kappa shape index (κ1) is 15.6. The van der Waals surface area contributed by atoms with E-state index in [2.05, 4.69) is 22.3 Å². The van der Waals surface area contributed by atoms with Gasteiger partial charge in [0, 0.05) is 18.7 Å². The van der Waals surface area contributed by atoms with E-state index in [4.69, 9.17) is 14.2 Å². The second-order valence-electron chi connectivity index (χ2n) is 5.63. The quantitative estimate of drug-likeness (QED) is 0.911. The molecule has 124 valence electrons. The van der Waals surface area contributed by atoms with Crippen LogP contribution >= 0.6 is 0 Å². The molecular weight excluding hydrogens is 296 g/mol. The van der Waals surface area contributed by atoms with E-state index in [1.165, 1.54) is 0 Å². The molecule has 7 heteroatoms. The summed E-state index contributed by atoms with van der Waals surface area (Å²) in [5.74, 6) is 3.03. The van der Waals surface area contributed by atoms with Crippen LogP contribution in [0, 0.1) is 0 Å². The number of methoxy groups -OCH3 is 3. The summed E-state index contributed by atoms with van der Waals surface area (Å²) in [5, 5.41) is 7.95. The van der Waals surface area contributed by atoms with Crippen LogP contribution in [0.15, 0.2) is 18.2 Å². The van der Waals surface area contributed by atoms with Crippen LogP contribution in [0.3, 0.4) is 0 Å². The first-order chi connectivity index (χ1) is 11.2. The zero-order valence-electron chi connectivity index (χ0n) is 13.9. The maximum atomic E-state index is 5.54. The summed E-state index contributed by atoms with van der Waals surface area (Å²) in [5.41, 5.74) is 1.04. The van der Waals surface area contributed by atoms with Crippen LogP contribution in [-0.4, -0.2) is 42.1 Å². The minimum atomic E-state index is 0.0319. The Balaban J connectivity index is 2.06. The van der Waals surface area contributed by atoms with Crippen LogP contribution in [0.4, 0.5) is 5.95 Å². The average Bonchev–Trinajstić information content (AvgIpc) is 2.96. The van der Waals surface area contributed by atoms with Crippen molar-refractivity contribution in [1.29, 1.82) is 0 Å². The predicted octanol–water partition coefficient (Wildman–Crippen LogP) is 2.24. The van der Waals surface area contributed by atoms with Crippen molar-refractivity contribution in [2.24, 2.45) is 0 Å². The molecule has 0 fully saturated rings. The Morgan fingerprint density at radius 2 is 2.09 bits per heavy atom. The molecule has 1 N–H and O–H groups in total. The SMILES string of the molecule is COCc1nc2n(n1)[C@@H](c1cc(OC)ccc1OC)C[C@H](C)N2. The Labute approximate surface area is 135 Å². The van der Waals surface area contributed by atoms with Gasteiger partial charge in [0.15, 0.2) is 5.82 Å². The highest BCUT2D eigenvalue weighted by Crippen LogP contribution is 2.37. The lowest BCUT2D eigenvalue weighted by Gasteiger charge is -2.30. The lowest BCUT2D eigenvalue weighted by molar-refractivity contribution is 0.177. The Morgan fingerprint density at radius 1 is 1.26 bits per heavy atom. The number of hydrogen-bond donors (Lipinski definition) is 1. The zero-order valence-corrected chi connectivity index (χ0v) is 13.9. The minimum Gasteiger partial charge on any atom is -0.497 e. The van der Waals surface area contributed by atoms with Crippen molar-refractivity contribution in [3.63, 3.8) is 0 Å². The van der Waals surface area contributed by atoms with E-state index >= 15 is 0 Å². The summed E-state index contributed by atoms with van der Waals surface area (Å²) in [4.78, 5) is 4.51. The molecule has 0 bridgehead atoms. The maximum absolute atomic E-state index is 5.54. The molecule has 2 heterocycles. The number of nitrogens with zero attached hydrogens (tertiary/aromatic N) is 3. The highest BCUT2D eigenvalue weighted by atomic mass is 16.5. The fraction of sp³-hybridized carbons (Fsp3) is 0.500. The minimum absolute atomic E-state index is 0.0319. The van der Waals surface area contributed by atoms with E-state index in [0.29, 0.717) is 12.4 Å². The van der Waals surface area contributed by atoms with E-state index in [0.717, 1.165) is 29.4 Å². The van der Waals surface area contributed by atoms with Gasteiger partial charge in [0.05, 0.1) is 20.3 Å². The Kier molecular flexibility index (Phi) is 4.38. The van der Waals surface area contributed by atoms with Gasteiger partial charge in [0.1, 0.15) is 18.1 Å². The third-order valence-electron chi connectivity index (χ3n) is 3.99. The van der Waals surface area contributed by atoms with Crippen LogP contribution in [0.1, 0.15) is 30.8 Å². The van der Waals surface area contributed by atoms with Gasteiger partial charge in [0.25, 0.3) is 0 Å². The summed E-state index contributed by atoms with van der Waals surface area (Å²) in [7, 11) is 4.97. The molecule has 0 radical (unpaired) electrons. The highest BCUT2D eigenvalue weighted by Gasteiger charge is 2.30. The van der Waals surface area contributed by atoms with Gasteiger partial charge in [-0.15, -0.1) is 0 Å². The monoisotopic (exact) mass is 318 g/mol. The summed E-state index contributed by atoms with van der Waals surface area (Å²) >= 11 is 0. The molecule has 2 atom stereocenters. The number of ether oxygens (including phenoxy) is 3. The van der Waals surface area contributed by atoms with Gasteiger partial charge in [-0.2, -0.15) is 10.1 Å². The van der Waals surface area contributed by atoms with Crippen molar-refractivity contribution in [1.82, 2.24) is 14.8 Å². The van der Waals surface area contributed by atoms with Gasteiger partial charge in [-0.25, -0.2) is 4.68 Å². The first-order valence-corrected chi connectivity index (χ1v) is 7.59. The van der Waals surface area contributed by atoms with Gasteiger partial charge < -0.3 is 19.5 Å². The fourth-order valence-electron chi connectivity index (χ4n) is 2.95. The Bertz CT molecular complexity index is 686. The molecule has 1 aromatic carbocycles. The second-order valence-corrected chi connectivity index (χ2v) is 5.63. The summed E-state index contributed by atoms with van der Waals surface area (Å²) < 4.78 is 18.0. The number of aromatic nitrogens is 3. The smallest absolute Gasteiger partial charge is 0.222 e. The lowest BCUT2D eigenvalue weighted by atomic mass is 9.97. The molecule has 0 amide bonds. The molecule has 3 rings (SSSR count). The van der Waals surface area contributed by atoms with Gasteiger partial charge in [-0.1, -0.05) is 0 Å². The van der Waals surface area contributed by atoms with E-state index in [-0.39, 0.29) is 12.1 Å². The Morgan fingerprint density at radius 3 is 2.78 bits per heavy atom. The van der Waals surface area contributed by atoms with Gasteiger partial charge >= 0.3 is 0 Å². The molecular formula is C16H22N4O3. The molecule has 7 nitrogen and oxygen atoms in total. The van der Waals surface area contributed by atoms with Crippen LogP contribution in [-0.2, 0) is 11.3 Å². The lowest BCUT2D eigenvalue weighted by Crippen LogP contribution is -2.31. The molecule has 23 heavy (non-hydrogen) atoms. The number of fused-ring (bicyclic) bond motifs is 1. The van der Waals surface area contributed by atoms with Gasteiger partial charge in [-0.3, -0.25) is 0 Å². The first-order valence-electron chi connectivity index (χ1n) is 7.59. The maximum Gasteiger partial charge on any atom is 0.222 e. The summed E-state index contributed by atoms with van der Waals surface area (Å²) in [6.07, 6.45) is 0.881. The molecule has 0 unspecified atom stereocenters. The molecule has 2 aromatic rings. The number of hydrogen-bond acceptors (Lipinski definition) is 6. The number of rotatable bonds is 5. The van der Waals surface area contributed by atoms with Crippen molar-refractivity contribution in [3.8, 4) is 11.5 Å². The average molecular weight is 318 g/mol. The topological polar surface area (TPSA) is 70.4 Å². The van der Waals surface area contributed by atoms with Crippen LogP contribution in [0.2, 0.25) is 0 Å². The molecule has 0 aliphatic carbocycles. The van der Waals surface area contributed by atoms with Gasteiger partial charge in [-0.05, 0) is 31.5 Å². The van der Waals surface area contributed by atoms with Crippen molar-refractivity contribution in [3.05, 3.63) is 29.6 Å². The normalized spacial score (nSPS) is 19.8. The third-order valence-corrected chi connectivity index (χ3v) is 3.99. The third kappa shape index (κ3) is 2.96. The van der Waals surface area contributed by atoms with E-state index in [1.807, 2.05) is 22.9 Å². The predicted molar refractivity (Wildman–Crippen MR) is 86.1 cm³/mol. The zero-order chi connectivity index (χ0) is 16.4. The van der Waals surface area contributed by atoms with Crippen LogP contribution in [0.25, 0.3) is 0 Å². The Hall–Kier alpha value is -2.28. The molecule has 0 saturated heterocycles. The van der Waals surface area contributed by atoms with Crippen LogP contribution < -0.4 is 14.8 Å². The van der Waals surface area contributed by atoms with Crippen molar-refractivity contribution < 1.29 is 14.2 Å². The highest BCUT2D eigenvalue weighted by molar-refractivity contribution is 5.45. The van der Waals surface area contributed by atoms with E-state index in [1.54, 1.807) is 21.3 Å². The molecule has 1 aliphatic rings. The largest absolute Gasteiger partial charge is 0.497 e. The van der Waals surface area contributed by atoms with Gasteiger partial charge in [0.2, 0.25) is 5.95 Å². The number of benzene rings is 1.